The Morgan fingerprint density at radius 1 is 1.27 bits per heavy atom. The standard InChI is InChI=1S/C19H14ClF3N8O2/c20-12-4-3-10(6-11(12)19(21,22)23)25-16-28-14-8(5-13-15(32)29-18(33)27-13)7-24-31(14)17(30-16)26-9-1-2-9/h3-7,9,32H,1-2H2,(H,25,26,30)(H2,27,29,33)/b8-5+. The summed E-state index contributed by atoms with van der Waals surface area (Å²) in [5.41, 5.74) is -0.939. The Morgan fingerprint density at radius 3 is 2.73 bits per heavy atom. The first kappa shape index (κ1) is 21.0. The lowest BCUT2D eigenvalue weighted by atomic mass is 10.2. The summed E-state index contributed by atoms with van der Waals surface area (Å²) in [6.45, 7) is 0. The largest absolute Gasteiger partial charge is 0.493 e. The Kier molecular flexibility index (Phi) is 4.85. The number of anilines is 2. The van der Waals surface area contributed by atoms with E-state index in [1.54, 1.807) is 0 Å². The molecule has 0 atom stereocenters. The minimum Gasteiger partial charge on any atom is -0.493 e. The van der Waals surface area contributed by atoms with E-state index in [-0.39, 0.29) is 40.5 Å². The fourth-order valence-corrected chi connectivity index (χ4v) is 3.31. The van der Waals surface area contributed by atoms with Gasteiger partial charge in [0.25, 0.3) is 5.62 Å². The van der Waals surface area contributed by atoms with Crippen molar-refractivity contribution in [2.45, 2.75) is 25.1 Å². The van der Waals surface area contributed by atoms with Crippen molar-refractivity contribution in [1.29, 1.82) is 0 Å². The maximum Gasteiger partial charge on any atom is 0.417 e. The third kappa shape index (κ3) is 4.26. The molecule has 10 nitrogen and oxygen atoms in total. The van der Waals surface area contributed by atoms with E-state index in [9.17, 15) is 23.1 Å². The number of imidazole rings is 1. The molecule has 3 aromatic heterocycles. The molecule has 4 aromatic rings. The van der Waals surface area contributed by atoms with E-state index in [2.05, 4.69) is 35.3 Å². The summed E-state index contributed by atoms with van der Waals surface area (Å²) in [4.78, 5) is 29.2. The maximum absolute atomic E-state index is 13.2. The molecule has 0 bridgehead atoms. The molecular weight excluding hydrogens is 465 g/mol. The fraction of sp³-hybridized carbons (Fsp3) is 0.211. The first-order valence-electron chi connectivity index (χ1n) is 9.64. The van der Waals surface area contributed by atoms with Gasteiger partial charge in [0.2, 0.25) is 11.8 Å². The molecular formula is C19H14ClF3N8O2. The predicted molar refractivity (Wildman–Crippen MR) is 111 cm³/mol. The first-order chi connectivity index (χ1) is 15.7. The van der Waals surface area contributed by atoms with Crippen molar-refractivity contribution in [3.8, 4) is 5.88 Å². The van der Waals surface area contributed by atoms with Gasteiger partial charge >= 0.3 is 11.9 Å². The molecule has 0 unspecified atom stereocenters. The predicted octanol–water partition coefficient (Wildman–Crippen LogP) is 1.87. The average Bonchev–Trinajstić information content (AvgIpc) is 3.37. The summed E-state index contributed by atoms with van der Waals surface area (Å²) in [5.74, 6) is -0.380. The van der Waals surface area contributed by atoms with Crippen LogP contribution < -0.4 is 21.8 Å². The number of hydrogen-bond donors (Lipinski definition) is 4. The van der Waals surface area contributed by atoms with Crippen molar-refractivity contribution in [3.05, 3.63) is 62.0 Å². The summed E-state index contributed by atoms with van der Waals surface area (Å²) < 4.78 is 41.0. The minimum absolute atomic E-state index is 0.0146. The third-order valence-corrected chi connectivity index (χ3v) is 5.12. The molecule has 0 radical (unpaired) electrons. The lowest BCUT2D eigenvalue weighted by Crippen LogP contribution is -2.24. The average molecular weight is 479 g/mol. The van der Waals surface area contributed by atoms with Crippen LogP contribution in [0.2, 0.25) is 5.02 Å². The molecule has 33 heavy (non-hydrogen) atoms. The molecule has 170 valence electrons. The van der Waals surface area contributed by atoms with Crippen LogP contribution in [0.15, 0.2) is 34.2 Å². The van der Waals surface area contributed by atoms with Gasteiger partial charge in [-0.1, -0.05) is 11.6 Å². The number of aromatic amines is 2. The first-order valence-corrected chi connectivity index (χ1v) is 10.0. The second kappa shape index (κ2) is 7.62. The van der Waals surface area contributed by atoms with Crippen LogP contribution in [0.3, 0.4) is 0 Å². The molecule has 0 amide bonds. The second-order valence-corrected chi connectivity index (χ2v) is 7.75. The number of rotatable bonds is 4. The van der Waals surface area contributed by atoms with E-state index >= 15 is 0 Å². The van der Waals surface area contributed by atoms with Gasteiger partial charge in [0, 0.05) is 10.9 Å². The Hall–Kier alpha value is -3.87. The summed E-state index contributed by atoms with van der Waals surface area (Å²) >= 11 is 5.69. The number of aromatic hydroxyl groups is 1. The summed E-state index contributed by atoms with van der Waals surface area (Å²) in [7, 11) is 0. The lowest BCUT2D eigenvalue weighted by Gasteiger charge is -2.11. The second-order valence-electron chi connectivity index (χ2n) is 7.35. The Labute approximate surface area is 186 Å². The molecule has 5 rings (SSSR count). The Bertz CT molecular complexity index is 1550. The smallest absolute Gasteiger partial charge is 0.417 e. The maximum atomic E-state index is 13.2. The number of fused-ring (bicyclic) bond motifs is 1. The van der Waals surface area contributed by atoms with Crippen LogP contribution in [0, 0.1) is 0 Å². The number of hydrogen-bond acceptors (Lipinski definition) is 7. The van der Waals surface area contributed by atoms with Gasteiger partial charge in [-0.2, -0.15) is 32.8 Å². The van der Waals surface area contributed by atoms with E-state index < -0.39 is 22.5 Å². The molecule has 14 heteroatoms. The van der Waals surface area contributed by atoms with Crippen LogP contribution in [0.4, 0.5) is 24.8 Å². The minimum atomic E-state index is -4.63. The third-order valence-electron chi connectivity index (χ3n) is 4.79. The Morgan fingerprint density at radius 2 is 2.06 bits per heavy atom. The number of halogens is 4. The molecule has 0 spiro atoms. The van der Waals surface area contributed by atoms with Crippen LogP contribution in [-0.4, -0.2) is 40.7 Å². The zero-order valence-electron chi connectivity index (χ0n) is 16.5. The number of benzene rings is 1. The van der Waals surface area contributed by atoms with Crippen LogP contribution in [0.1, 0.15) is 24.1 Å². The van der Waals surface area contributed by atoms with Crippen molar-refractivity contribution in [3.63, 3.8) is 0 Å². The van der Waals surface area contributed by atoms with Gasteiger partial charge in [-0.05, 0) is 37.1 Å². The van der Waals surface area contributed by atoms with Gasteiger partial charge in [0.15, 0.2) is 5.65 Å². The zero-order chi connectivity index (χ0) is 23.3. The molecule has 4 N–H and O–H groups in total. The van der Waals surface area contributed by atoms with Gasteiger partial charge in [0.1, 0.15) is 5.69 Å². The van der Waals surface area contributed by atoms with Crippen molar-refractivity contribution in [1.82, 2.24) is 29.5 Å². The molecule has 1 saturated carbocycles. The highest BCUT2D eigenvalue weighted by Crippen LogP contribution is 2.36. The van der Waals surface area contributed by atoms with Crippen molar-refractivity contribution in [2.75, 3.05) is 5.32 Å². The van der Waals surface area contributed by atoms with E-state index in [4.69, 9.17) is 11.6 Å². The molecule has 0 saturated heterocycles. The van der Waals surface area contributed by atoms with Gasteiger partial charge in [-0.15, -0.1) is 0 Å². The highest BCUT2D eigenvalue weighted by atomic mass is 35.5. The normalized spacial score (nSPS) is 15.5. The summed E-state index contributed by atoms with van der Waals surface area (Å²) in [6, 6.07) is 3.43. The molecule has 0 aliphatic heterocycles. The van der Waals surface area contributed by atoms with Crippen LogP contribution in [0.25, 0.3) is 11.7 Å². The molecule has 1 aromatic carbocycles. The van der Waals surface area contributed by atoms with Crippen molar-refractivity contribution < 1.29 is 18.3 Å². The Balaban J connectivity index is 1.64. The van der Waals surface area contributed by atoms with E-state index in [0.717, 1.165) is 25.0 Å². The molecule has 1 aliphatic rings. The van der Waals surface area contributed by atoms with Gasteiger partial charge < -0.3 is 15.4 Å². The zero-order valence-corrected chi connectivity index (χ0v) is 17.2. The van der Waals surface area contributed by atoms with Crippen LogP contribution in [0.5, 0.6) is 5.88 Å². The van der Waals surface area contributed by atoms with Gasteiger partial charge in [-0.3, -0.25) is 4.98 Å². The number of alkyl halides is 3. The molecule has 3 heterocycles. The van der Waals surface area contributed by atoms with Crippen molar-refractivity contribution >= 4 is 35.0 Å². The number of nitrogens with one attached hydrogen (secondary N) is 3. The molecule has 1 fully saturated rings. The summed E-state index contributed by atoms with van der Waals surface area (Å²) in [6.07, 6.45) is 0.0269. The van der Waals surface area contributed by atoms with Crippen molar-refractivity contribution in [2.24, 2.45) is 4.99 Å². The highest BCUT2D eigenvalue weighted by molar-refractivity contribution is 6.31. The topological polar surface area (TPSA) is 136 Å². The quantitative estimate of drug-likeness (QED) is 0.353. The van der Waals surface area contributed by atoms with Gasteiger partial charge in [-0.25, -0.2) is 9.79 Å². The van der Waals surface area contributed by atoms with Crippen LogP contribution in [-0.2, 0) is 6.18 Å². The lowest BCUT2D eigenvalue weighted by molar-refractivity contribution is -0.137. The fourth-order valence-electron chi connectivity index (χ4n) is 3.09. The van der Waals surface area contributed by atoms with E-state index in [1.165, 1.54) is 22.9 Å². The monoisotopic (exact) mass is 478 g/mol. The summed E-state index contributed by atoms with van der Waals surface area (Å²) in [5, 5.41) is 16.8. The molecule has 1 aliphatic carbocycles. The van der Waals surface area contributed by atoms with E-state index in [1.807, 2.05) is 0 Å². The van der Waals surface area contributed by atoms with Crippen LogP contribution >= 0.6 is 11.6 Å². The SMILES string of the molecule is O=c1[nH]c(O)c(/C=c2\cnn3c(=NC4CC4)nc(Nc4ccc(Cl)c(C(F)(F)F)c4)nc23)[nH]1. The number of aromatic nitrogens is 6. The number of nitrogens with zero attached hydrogens (tertiary/aromatic N) is 5. The number of H-pyrrole nitrogens is 2. The van der Waals surface area contributed by atoms with E-state index in [0.29, 0.717) is 5.22 Å². The highest BCUT2D eigenvalue weighted by Gasteiger charge is 2.33. The van der Waals surface area contributed by atoms with Gasteiger partial charge in [0.05, 0.1) is 22.8 Å².